The van der Waals surface area contributed by atoms with E-state index in [1.54, 1.807) is 4.90 Å². The van der Waals surface area contributed by atoms with Gasteiger partial charge in [0.25, 0.3) is 5.56 Å². The molecule has 6 N–H and O–H groups in total. The lowest BCUT2D eigenvalue weighted by Gasteiger charge is -2.21. The van der Waals surface area contributed by atoms with Gasteiger partial charge in [-0.25, -0.2) is 0 Å². The number of nitrogens with zero attached hydrogens (tertiary/aromatic N) is 2. The van der Waals surface area contributed by atoms with Crippen LogP contribution in [0.5, 0.6) is 0 Å². The Morgan fingerprint density at radius 1 is 1.47 bits per heavy atom. The molecule has 2 rings (SSSR count). The minimum Gasteiger partial charge on any atom is -0.396 e. The molecule has 17 heavy (non-hydrogen) atoms. The number of anilines is 3. The van der Waals surface area contributed by atoms with Crippen LogP contribution >= 0.6 is 0 Å². The molecular weight excluding hydrogens is 226 g/mol. The second kappa shape index (κ2) is 4.60. The van der Waals surface area contributed by atoms with Crippen LogP contribution in [-0.4, -0.2) is 46.6 Å². The number of aliphatic hydroxyl groups excluding tert-OH is 2. The van der Waals surface area contributed by atoms with E-state index in [4.69, 9.17) is 15.9 Å². The molecule has 2 heterocycles. The van der Waals surface area contributed by atoms with Crippen LogP contribution in [0.15, 0.2) is 4.79 Å². The first-order valence-electron chi connectivity index (χ1n) is 5.26. The highest BCUT2D eigenvalue weighted by Gasteiger charge is 2.25. The lowest BCUT2D eigenvalue weighted by atomic mass is 10.1. The van der Waals surface area contributed by atoms with Crippen LogP contribution in [0, 0.1) is 5.92 Å². The first-order valence-corrected chi connectivity index (χ1v) is 5.26. The standard InChI is InChI=1S/C9H15N5O3/c10-9-12-7-6(8(17)13-9)11-4-14(7)1-5(2-15)3-16/h5,11,15-16H,1-4H2,(H3,10,12,13,17). The van der Waals surface area contributed by atoms with Crippen LogP contribution in [0.3, 0.4) is 0 Å². The maximum absolute atomic E-state index is 11.5. The Morgan fingerprint density at radius 3 is 2.82 bits per heavy atom. The molecule has 0 fully saturated rings. The van der Waals surface area contributed by atoms with E-state index in [2.05, 4.69) is 15.3 Å². The average molecular weight is 241 g/mol. The zero-order valence-corrected chi connectivity index (χ0v) is 9.18. The third-order valence-electron chi connectivity index (χ3n) is 2.66. The summed E-state index contributed by atoms with van der Waals surface area (Å²) in [6, 6.07) is 0. The van der Waals surface area contributed by atoms with Crippen molar-refractivity contribution in [3.05, 3.63) is 10.4 Å². The van der Waals surface area contributed by atoms with Gasteiger partial charge in [0.15, 0.2) is 5.82 Å². The summed E-state index contributed by atoms with van der Waals surface area (Å²) in [4.78, 5) is 19.7. The largest absolute Gasteiger partial charge is 0.396 e. The van der Waals surface area contributed by atoms with E-state index in [1.807, 2.05) is 0 Å². The highest BCUT2D eigenvalue weighted by atomic mass is 16.3. The summed E-state index contributed by atoms with van der Waals surface area (Å²) in [6.45, 7) is 0.566. The molecule has 1 aromatic rings. The third-order valence-corrected chi connectivity index (χ3v) is 2.66. The molecule has 0 aliphatic carbocycles. The summed E-state index contributed by atoms with van der Waals surface area (Å²) in [5, 5.41) is 20.9. The molecule has 0 saturated heterocycles. The molecule has 94 valence electrons. The van der Waals surface area contributed by atoms with Gasteiger partial charge >= 0.3 is 0 Å². The number of nitrogen functional groups attached to an aromatic ring is 1. The van der Waals surface area contributed by atoms with E-state index >= 15 is 0 Å². The van der Waals surface area contributed by atoms with E-state index in [-0.39, 0.29) is 30.6 Å². The van der Waals surface area contributed by atoms with Crippen LogP contribution in [0.2, 0.25) is 0 Å². The quantitative estimate of drug-likeness (QED) is 0.418. The number of fused-ring (bicyclic) bond motifs is 1. The summed E-state index contributed by atoms with van der Waals surface area (Å²) in [7, 11) is 0. The summed E-state index contributed by atoms with van der Waals surface area (Å²) in [5.41, 5.74) is 5.52. The monoisotopic (exact) mass is 241 g/mol. The van der Waals surface area contributed by atoms with Gasteiger partial charge in [-0.15, -0.1) is 0 Å². The first kappa shape index (κ1) is 11.7. The molecule has 0 aromatic carbocycles. The van der Waals surface area contributed by atoms with Gasteiger partial charge in [0.1, 0.15) is 5.69 Å². The number of hydrogen-bond donors (Lipinski definition) is 5. The number of nitrogens with one attached hydrogen (secondary N) is 2. The predicted molar refractivity (Wildman–Crippen MR) is 62.8 cm³/mol. The molecule has 0 spiro atoms. The van der Waals surface area contributed by atoms with Crippen molar-refractivity contribution in [3.63, 3.8) is 0 Å². The fourth-order valence-corrected chi connectivity index (χ4v) is 1.75. The SMILES string of the molecule is Nc1nc2c(c(=O)[nH]1)NCN2CC(CO)CO. The van der Waals surface area contributed by atoms with Gasteiger partial charge in [0.2, 0.25) is 5.95 Å². The summed E-state index contributed by atoms with van der Waals surface area (Å²) >= 11 is 0. The summed E-state index contributed by atoms with van der Waals surface area (Å²) in [6.07, 6.45) is 0. The van der Waals surface area contributed by atoms with Gasteiger partial charge < -0.3 is 26.2 Å². The molecule has 0 saturated carbocycles. The maximum atomic E-state index is 11.5. The first-order chi connectivity index (χ1) is 8.15. The highest BCUT2D eigenvalue weighted by molar-refractivity contribution is 5.70. The number of aromatic nitrogens is 2. The Balaban J connectivity index is 2.24. The number of aliphatic hydroxyl groups is 2. The fraction of sp³-hybridized carbons (Fsp3) is 0.556. The lowest BCUT2D eigenvalue weighted by Crippen LogP contribution is -2.33. The Bertz CT molecular complexity index is 456. The van der Waals surface area contributed by atoms with Crippen LogP contribution < -0.4 is 21.5 Å². The Hall–Kier alpha value is -1.80. The Morgan fingerprint density at radius 2 is 2.18 bits per heavy atom. The van der Waals surface area contributed by atoms with E-state index < -0.39 is 0 Å². The molecule has 8 nitrogen and oxygen atoms in total. The topological polar surface area (TPSA) is 128 Å². The van der Waals surface area contributed by atoms with Gasteiger partial charge in [-0.3, -0.25) is 9.78 Å². The lowest BCUT2D eigenvalue weighted by molar-refractivity contribution is 0.153. The van der Waals surface area contributed by atoms with E-state index in [9.17, 15) is 4.79 Å². The minimum absolute atomic E-state index is 0.0481. The van der Waals surface area contributed by atoms with Crippen molar-refractivity contribution in [1.29, 1.82) is 0 Å². The van der Waals surface area contributed by atoms with E-state index in [0.29, 0.717) is 24.7 Å². The van der Waals surface area contributed by atoms with Crippen molar-refractivity contribution >= 4 is 17.5 Å². The van der Waals surface area contributed by atoms with Crippen molar-refractivity contribution in [2.75, 3.05) is 42.4 Å². The summed E-state index contributed by atoms with van der Waals surface area (Å²) < 4.78 is 0. The van der Waals surface area contributed by atoms with Crippen LogP contribution in [0.1, 0.15) is 0 Å². The second-order valence-corrected chi connectivity index (χ2v) is 3.94. The molecule has 0 radical (unpaired) electrons. The van der Waals surface area contributed by atoms with Crippen LogP contribution in [-0.2, 0) is 0 Å². The minimum atomic E-state index is -0.320. The van der Waals surface area contributed by atoms with Crippen LogP contribution in [0.4, 0.5) is 17.5 Å². The second-order valence-electron chi connectivity index (χ2n) is 3.94. The smallest absolute Gasteiger partial charge is 0.277 e. The van der Waals surface area contributed by atoms with Gasteiger partial charge in [-0.1, -0.05) is 0 Å². The molecule has 1 aliphatic heterocycles. The molecule has 1 aliphatic rings. The molecule has 0 bridgehead atoms. The van der Waals surface area contributed by atoms with Gasteiger partial charge in [-0.2, -0.15) is 4.98 Å². The molecule has 0 unspecified atom stereocenters. The summed E-state index contributed by atoms with van der Waals surface area (Å²) in [5.74, 6) is 0.232. The van der Waals surface area contributed by atoms with Crippen molar-refractivity contribution in [2.24, 2.45) is 5.92 Å². The van der Waals surface area contributed by atoms with Crippen molar-refractivity contribution in [3.8, 4) is 0 Å². The van der Waals surface area contributed by atoms with E-state index in [0.717, 1.165) is 0 Å². The van der Waals surface area contributed by atoms with Gasteiger partial charge in [0, 0.05) is 25.7 Å². The van der Waals surface area contributed by atoms with Crippen molar-refractivity contribution < 1.29 is 10.2 Å². The van der Waals surface area contributed by atoms with Crippen LogP contribution in [0.25, 0.3) is 0 Å². The molecule has 1 aromatic heterocycles. The Kier molecular flexibility index (Phi) is 3.16. The molecule has 8 heteroatoms. The normalized spacial score (nSPS) is 13.9. The van der Waals surface area contributed by atoms with Crippen molar-refractivity contribution in [2.45, 2.75) is 0 Å². The third kappa shape index (κ3) is 2.17. The molecular formula is C9H15N5O3. The Labute approximate surface area is 97.1 Å². The van der Waals surface area contributed by atoms with Gasteiger partial charge in [-0.05, 0) is 0 Å². The zero-order valence-electron chi connectivity index (χ0n) is 9.18. The molecule has 0 atom stereocenters. The highest BCUT2D eigenvalue weighted by Crippen LogP contribution is 2.25. The van der Waals surface area contributed by atoms with Crippen molar-refractivity contribution in [1.82, 2.24) is 9.97 Å². The average Bonchev–Trinajstić information content (AvgIpc) is 2.69. The predicted octanol–water partition coefficient (Wildman–Crippen LogP) is -1.86. The number of aromatic amines is 1. The molecule has 0 amide bonds. The maximum Gasteiger partial charge on any atom is 0.277 e. The number of nitrogens with two attached hydrogens (primary N) is 1. The number of H-pyrrole nitrogens is 1. The number of hydrogen-bond acceptors (Lipinski definition) is 7. The van der Waals surface area contributed by atoms with E-state index in [1.165, 1.54) is 0 Å². The van der Waals surface area contributed by atoms with Gasteiger partial charge in [0.05, 0.1) is 6.67 Å². The fourth-order valence-electron chi connectivity index (χ4n) is 1.75. The number of rotatable bonds is 4. The zero-order chi connectivity index (χ0) is 12.4.